The molecule has 30 heavy (non-hydrogen) atoms. The molecule has 0 unspecified atom stereocenters. The Morgan fingerprint density at radius 2 is 2.00 bits per heavy atom. The van der Waals surface area contributed by atoms with Crippen LogP contribution in [-0.4, -0.2) is 64.7 Å². The third-order valence-electron chi connectivity index (χ3n) is 5.88. The van der Waals surface area contributed by atoms with Gasteiger partial charge in [-0.15, -0.1) is 11.3 Å². The van der Waals surface area contributed by atoms with Crippen LogP contribution in [0.25, 0.3) is 10.2 Å². The van der Waals surface area contributed by atoms with E-state index in [9.17, 15) is 9.59 Å². The largest absolute Gasteiger partial charge is 0.353 e. The van der Waals surface area contributed by atoms with Crippen LogP contribution in [0.15, 0.2) is 22.6 Å². The molecule has 4 rings (SSSR count). The minimum atomic E-state index is -0.219. The van der Waals surface area contributed by atoms with Crippen LogP contribution >= 0.6 is 11.3 Å². The third kappa shape index (κ3) is 4.44. The molecule has 0 saturated carbocycles. The summed E-state index contributed by atoms with van der Waals surface area (Å²) in [7, 11) is 0. The molecule has 7 nitrogen and oxygen atoms in total. The van der Waals surface area contributed by atoms with E-state index in [4.69, 9.17) is 0 Å². The van der Waals surface area contributed by atoms with E-state index in [0.717, 1.165) is 35.6 Å². The number of nitrogens with zero attached hydrogens (tertiary/aromatic N) is 4. The number of fused-ring (bicyclic) bond motifs is 3. The maximum Gasteiger partial charge on any atom is 0.291 e. The number of hydrogen-bond acceptors (Lipinski definition) is 5. The van der Waals surface area contributed by atoms with Crippen molar-refractivity contribution in [3.05, 3.63) is 23.2 Å². The quantitative estimate of drug-likeness (QED) is 0.794. The summed E-state index contributed by atoms with van der Waals surface area (Å²) in [6.07, 6.45) is 3.77. The van der Waals surface area contributed by atoms with E-state index in [2.05, 4.69) is 36.1 Å². The lowest BCUT2D eigenvalue weighted by atomic mass is 9.90. The number of rotatable bonds is 5. The van der Waals surface area contributed by atoms with E-state index in [-0.39, 0.29) is 23.8 Å². The fraction of sp³-hybridized carbons (Fsp3) is 0.591. The molecular formula is C22H31N5O2S. The average molecular weight is 430 g/mol. The Kier molecular flexibility index (Phi) is 5.97. The SMILES string of the molecule is CC(C)(C)C1=NN(CC(=O)NCCN2CCCCC2)C(=O)c2cc3sccc3n2C1. The van der Waals surface area contributed by atoms with Gasteiger partial charge in [-0.1, -0.05) is 27.2 Å². The molecule has 0 radical (unpaired) electrons. The molecule has 0 spiro atoms. The lowest BCUT2D eigenvalue weighted by Gasteiger charge is -2.26. The van der Waals surface area contributed by atoms with Gasteiger partial charge < -0.3 is 14.8 Å². The van der Waals surface area contributed by atoms with Crippen molar-refractivity contribution in [1.82, 2.24) is 19.8 Å². The molecule has 2 aliphatic rings. The molecular weight excluding hydrogens is 398 g/mol. The van der Waals surface area contributed by atoms with E-state index in [1.807, 2.05) is 22.1 Å². The first-order valence-corrected chi connectivity index (χ1v) is 11.7. The molecule has 2 aromatic rings. The van der Waals surface area contributed by atoms with Crippen molar-refractivity contribution in [2.24, 2.45) is 10.5 Å². The first-order valence-electron chi connectivity index (χ1n) is 10.8. The maximum atomic E-state index is 13.2. The third-order valence-corrected chi connectivity index (χ3v) is 6.74. The summed E-state index contributed by atoms with van der Waals surface area (Å²) in [5, 5.41) is 11.0. The Morgan fingerprint density at radius 1 is 1.23 bits per heavy atom. The molecule has 4 heterocycles. The molecule has 2 aliphatic heterocycles. The van der Waals surface area contributed by atoms with Crippen LogP contribution in [0.3, 0.4) is 0 Å². The molecule has 1 fully saturated rings. The van der Waals surface area contributed by atoms with Crippen LogP contribution in [0, 0.1) is 5.41 Å². The lowest BCUT2D eigenvalue weighted by molar-refractivity contribution is -0.121. The fourth-order valence-electron chi connectivity index (χ4n) is 4.05. The number of carbonyl (C=O) groups is 2. The van der Waals surface area contributed by atoms with Gasteiger partial charge in [0.1, 0.15) is 12.2 Å². The zero-order chi connectivity index (χ0) is 21.3. The first kappa shape index (κ1) is 21.1. The second kappa shape index (κ2) is 8.51. The average Bonchev–Trinajstić information content (AvgIpc) is 3.25. The molecule has 8 heteroatoms. The van der Waals surface area contributed by atoms with Gasteiger partial charge in [-0.05, 0) is 43.4 Å². The van der Waals surface area contributed by atoms with E-state index >= 15 is 0 Å². The van der Waals surface area contributed by atoms with Crippen molar-refractivity contribution >= 4 is 39.1 Å². The number of piperidine rings is 1. The molecule has 0 atom stereocenters. The predicted molar refractivity (Wildman–Crippen MR) is 121 cm³/mol. The topological polar surface area (TPSA) is 69.9 Å². The highest BCUT2D eigenvalue weighted by Crippen LogP contribution is 2.30. The van der Waals surface area contributed by atoms with E-state index < -0.39 is 0 Å². The number of nitrogens with one attached hydrogen (secondary N) is 1. The van der Waals surface area contributed by atoms with E-state index in [0.29, 0.717) is 18.8 Å². The zero-order valence-electron chi connectivity index (χ0n) is 18.1. The Labute approximate surface area is 181 Å². The fourth-order valence-corrected chi connectivity index (χ4v) is 4.87. The highest BCUT2D eigenvalue weighted by molar-refractivity contribution is 7.17. The number of likely N-dealkylation sites (tertiary alicyclic amines) is 1. The molecule has 0 aromatic carbocycles. The molecule has 0 bridgehead atoms. The van der Waals surface area contributed by atoms with Crippen LogP contribution in [0.5, 0.6) is 0 Å². The highest BCUT2D eigenvalue weighted by atomic mass is 32.1. The molecule has 1 N–H and O–H groups in total. The van der Waals surface area contributed by atoms with Gasteiger partial charge in [-0.2, -0.15) is 5.10 Å². The standard InChI is InChI=1S/C22H31N5O2S/c1-22(2,3)19-14-26-16-7-12-30-18(16)13-17(26)21(29)27(24-19)15-20(28)23-8-11-25-9-5-4-6-10-25/h7,12-13H,4-6,8-11,14-15H2,1-3H3,(H,23,28). The van der Waals surface area contributed by atoms with Crippen molar-refractivity contribution in [3.8, 4) is 0 Å². The summed E-state index contributed by atoms with van der Waals surface area (Å²) < 4.78 is 3.12. The van der Waals surface area contributed by atoms with Gasteiger partial charge in [0, 0.05) is 18.5 Å². The second-order valence-corrected chi connectivity index (χ2v) is 10.1. The molecule has 1 saturated heterocycles. The molecule has 162 valence electrons. The van der Waals surface area contributed by atoms with Crippen LogP contribution in [0.4, 0.5) is 0 Å². The second-order valence-electron chi connectivity index (χ2n) is 9.20. The lowest BCUT2D eigenvalue weighted by Crippen LogP contribution is -2.42. The number of aromatic nitrogens is 1. The first-order chi connectivity index (χ1) is 14.3. The van der Waals surface area contributed by atoms with Crippen LogP contribution in [-0.2, 0) is 11.3 Å². The van der Waals surface area contributed by atoms with Crippen LogP contribution in [0.1, 0.15) is 50.5 Å². The predicted octanol–water partition coefficient (Wildman–Crippen LogP) is 3.16. The van der Waals surface area contributed by atoms with E-state index in [1.54, 1.807) is 11.3 Å². The number of hydrazone groups is 1. The highest BCUT2D eigenvalue weighted by Gasteiger charge is 2.31. The Bertz CT molecular complexity index is 962. The van der Waals surface area contributed by atoms with Gasteiger partial charge >= 0.3 is 0 Å². The Balaban J connectivity index is 1.48. The number of carbonyl (C=O) groups excluding carboxylic acids is 2. The number of thiophene rings is 1. The van der Waals surface area contributed by atoms with Gasteiger partial charge in [0.15, 0.2) is 0 Å². The zero-order valence-corrected chi connectivity index (χ0v) is 18.9. The minimum Gasteiger partial charge on any atom is -0.353 e. The summed E-state index contributed by atoms with van der Waals surface area (Å²) in [5.74, 6) is -0.386. The van der Waals surface area contributed by atoms with Crippen molar-refractivity contribution in [2.75, 3.05) is 32.7 Å². The number of hydrogen-bond donors (Lipinski definition) is 1. The summed E-state index contributed by atoms with van der Waals surface area (Å²) in [5.41, 5.74) is 2.32. The van der Waals surface area contributed by atoms with Crippen LogP contribution < -0.4 is 5.32 Å². The van der Waals surface area contributed by atoms with Crippen molar-refractivity contribution < 1.29 is 9.59 Å². The van der Waals surface area contributed by atoms with Crippen molar-refractivity contribution in [3.63, 3.8) is 0 Å². The van der Waals surface area contributed by atoms with Crippen LogP contribution in [0.2, 0.25) is 0 Å². The summed E-state index contributed by atoms with van der Waals surface area (Å²) in [4.78, 5) is 28.2. The smallest absolute Gasteiger partial charge is 0.291 e. The summed E-state index contributed by atoms with van der Waals surface area (Å²) in [6.45, 7) is 10.4. The van der Waals surface area contributed by atoms with Gasteiger partial charge in [0.05, 0.1) is 22.5 Å². The monoisotopic (exact) mass is 429 g/mol. The van der Waals surface area contributed by atoms with Crippen molar-refractivity contribution in [1.29, 1.82) is 0 Å². The number of amides is 2. The summed E-state index contributed by atoms with van der Waals surface area (Å²) in [6, 6.07) is 3.96. The Hall–Kier alpha value is -2.19. The molecule has 2 aromatic heterocycles. The van der Waals surface area contributed by atoms with Gasteiger partial charge in [-0.3, -0.25) is 9.59 Å². The van der Waals surface area contributed by atoms with E-state index in [1.165, 1.54) is 24.3 Å². The van der Waals surface area contributed by atoms with Gasteiger partial charge in [0.25, 0.3) is 5.91 Å². The van der Waals surface area contributed by atoms with Gasteiger partial charge in [-0.25, -0.2) is 5.01 Å². The van der Waals surface area contributed by atoms with Crippen molar-refractivity contribution in [2.45, 2.75) is 46.6 Å². The summed E-state index contributed by atoms with van der Waals surface area (Å²) >= 11 is 1.62. The Morgan fingerprint density at radius 3 is 2.73 bits per heavy atom. The molecule has 2 amide bonds. The maximum absolute atomic E-state index is 13.2. The molecule has 0 aliphatic carbocycles. The minimum absolute atomic E-state index is 0.0583. The van der Waals surface area contributed by atoms with Gasteiger partial charge in [0.2, 0.25) is 5.91 Å². The normalized spacial score (nSPS) is 18.3.